The first kappa shape index (κ1) is 14.9. The molecule has 0 atom stereocenters. The quantitative estimate of drug-likeness (QED) is 0.378. The van der Waals surface area contributed by atoms with Crippen molar-refractivity contribution in [3.8, 4) is 16.9 Å². The molecule has 0 aliphatic carbocycles. The smallest absolute Gasteiger partial charge is 0.0702 e. The summed E-state index contributed by atoms with van der Waals surface area (Å²) < 4.78 is 2.36. The molecule has 0 N–H and O–H groups in total. The van der Waals surface area contributed by atoms with Crippen molar-refractivity contribution in [2.24, 2.45) is 0 Å². The summed E-state index contributed by atoms with van der Waals surface area (Å²) in [7, 11) is 0. The van der Waals surface area contributed by atoms with Gasteiger partial charge in [0.15, 0.2) is 0 Å². The summed E-state index contributed by atoms with van der Waals surface area (Å²) in [6.07, 6.45) is 1.84. The van der Waals surface area contributed by atoms with Crippen LogP contribution in [0.15, 0.2) is 91.1 Å². The average molecular weight is 334 g/mol. The number of pyridine rings is 1. The fourth-order valence-electron chi connectivity index (χ4n) is 3.78. The van der Waals surface area contributed by atoms with Crippen molar-refractivity contribution in [3.63, 3.8) is 0 Å². The molecule has 0 spiro atoms. The van der Waals surface area contributed by atoms with E-state index >= 15 is 0 Å². The van der Waals surface area contributed by atoms with Crippen LogP contribution in [-0.2, 0) is 0 Å². The maximum absolute atomic E-state index is 4.48. The van der Waals surface area contributed by atoms with Crippen LogP contribution >= 0.6 is 0 Å². The number of rotatable bonds is 2. The van der Waals surface area contributed by atoms with Crippen molar-refractivity contribution in [3.05, 3.63) is 96.7 Å². The summed E-state index contributed by atoms with van der Waals surface area (Å²) in [5, 5.41) is 2.58. The Morgan fingerprint density at radius 1 is 0.692 bits per heavy atom. The largest absolute Gasteiger partial charge is 0.309 e. The van der Waals surface area contributed by atoms with Crippen molar-refractivity contribution in [1.29, 1.82) is 0 Å². The summed E-state index contributed by atoms with van der Waals surface area (Å²) in [6, 6.07) is 29.8. The number of para-hydroxylation sites is 2. The van der Waals surface area contributed by atoms with Gasteiger partial charge in [-0.05, 0) is 48.9 Å². The zero-order valence-corrected chi connectivity index (χ0v) is 14.6. The van der Waals surface area contributed by atoms with Gasteiger partial charge in [0.25, 0.3) is 0 Å². The number of hydrogen-bond acceptors (Lipinski definition) is 1. The third-order valence-electron chi connectivity index (χ3n) is 4.98. The Morgan fingerprint density at radius 3 is 1.96 bits per heavy atom. The van der Waals surface area contributed by atoms with Crippen molar-refractivity contribution < 1.29 is 0 Å². The molecule has 2 heterocycles. The molecule has 0 aliphatic rings. The number of aromatic nitrogens is 2. The van der Waals surface area contributed by atoms with Gasteiger partial charge in [0.1, 0.15) is 0 Å². The van der Waals surface area contributed by atoms with Crippen LogP contribution in [0.3, 0.4) is 0 Å². The van der Waals surface area contributed by atoms with Gasteiger partial charge in [-0.3, -0.25) is 4.98 Å². The molecular weight excluding hydrogens is 316 g/mol. The minimum Gasteiger partial charge on any atom is -0.309 e. The van der Waals surface area contributed by atoms with Gasteiger partial charge in [-0.1, -0.05) is 48.5 Å². The summed E-state index contributed by atoms with van der Waals surface area (Å²) >= 11 is 0. The molecular formula is C24H18N2. The summed E-state index contributed by atoms with van der Waals surface area (Å²) in [4.78, 5) is 4.48. The molecule has 0 fully saturated rings. The molecule has 3 aromatic carbocycles. The van der Waals surface area contributed by atoms with Gasteiger partial charge >= 0.3 is 0 Å². The second-order valence-electron chi connectivity index (χ2n) is 6.59. The van der Waals surface area contributed by atoms with E-state index in [2.05, 4.69) is 89.3 Å². The van der Waals surface area contributed by atoms with Crippen LogP contribution in [0, 0.1) is 6.92 Å². The highest BCUT2D eigenvalue weighted by Gasteiger charge is 2.13. The predicted octanol–water partition coefficient (Wildman–Crippen LogP) is 6.15. The van der Waals surface area contributed by atoms with Crippen molar-refractivity contribution in [2.75, 3.05) is 0 Å². The lowest BCUT2D eigenvalue weighted by Gasteiger charge is -2.12. The van der Waals surface area contributed by atoms with Crippen LogP contribution in [0.25, 0.3) is 38.8 Å². The van der Waals surface area contributed by atoms with E-state index in [-0.39, 0.29) is 0 Å². The van der Waals surface area contributed by atoms with Gasteiger partial charge in [0, 0.05) is 28.2 Å². The van der Waals surface area contributed by atoms with E-state index in [1.807, 2.05) is 18.3 Å². The molecule has 26 heavy (non-hydrogen) atoms. The molecule has 2 aromatic heterocycles. The molecule has 2 nitrogen and oxygen atoms in total. The number of benzene rings is 3. The van der Waals surface area contributed by atoms with Gasteiger partial charge < -0.3 is 4.57 Å². The topological polar surface area (TPSA) is 17.8 Å². The highest BCUT2D eigenvalue weighted by atomic mass is 15.0. The van der Waals surface area contributed by atoms with Crippen molar-refractivity contribution in [2.45, 2.75) is 6.92 Å². The Labute approximate surface area is 152 Å². The Bertz CT molecular complexity index is 1180. The van der Waals surface area contributed by atoms with Gasteiger partial charge in [-0.25, -0.2) is 0 Å². The second kappa shape index (κ2) is 5.85. The fraction of sp³-hybridized carbons (Fsp3) is 0.0417. The van der Waals surface area contributed by atoms with E-state index in [9.17, 15) is 0 Å². The molecule has 0 amide bonds. The van der Waals surface area contributed by atoms with E-state index in [1.54, 1.807) is 0 Å². The van der Waals surface area contributed by atoms with Crippen molar-refractivity contribution in [1.82, 2.24) is 9.55 Å². The molecule has 5 aromatic rings. The molecule has 0 saturated carbocycles. The predicted molar refractivity (Wildman–Crippen MR) is 109 cm³/mol. The lowest BCUT2D eigenvalue weighted by molar-refractivity contribution is 1.15. The first-order chi connectivity index (χ1) is 12.8. The molecule has 124 valence electrons. The number of fused-ring (bicyclic) bond motifs is 3. The summed E-state index contributed by atoms with van der Waals surface area (Å²) in [6.45, 7) is 2.17. The Balaban J connectivity index is 1.78. The van der Waals surface area contributed by atoms with Gasteiger partial charge in [0.05, 0.1) is 16.7 Å². The van der Waals surface area contributed by atoms with Gasteiger partial charge in [0.2, 0.25) is 0 Å². The van der Waals surface area contributed by atoms with Gasteiger partial charge in [-0.2, -0.15) is 0 Å². The molecule has 0 saturated heterocycles. The third-order valence-corrected chi connectivity index (χ3v) is 4.98. The molecule has 0 radical (unpaired) electrons. The van der Waals surface area contributed by atoms with Crippen LogP contribution in [0.1, 0.15) is 5.56 Å². The van der Waals surface area contributed by atoms with Crippen LogP contribution < -0.4 is 0 Å². The first-order valence-electron chi connectivity index (χ1n) is 8.83. The molecule has 0 unspecified atom stereocenters. The lowest BCUT2D eigenvalue weighted by Crippen LogP contribution is -1.97. The Kier molecular flexibility index (Phi) is 3.36. The second-order valence-corrected chi connectivity index (χ2v) is 6.59. The van der Waals surface area contributed by atoms with Gasteiger partial charge in [-0.15, -0.1) is 0 Å². The standard InChI is InChI=1S/C24H18N2/c1-17-16-18(21-10-6-7-15-25-21)13-14-22(17)26-23-11-4-2-8-19(23)20-9-3-5-12-24(20)26/h2-16H,1H3. The Hall–Kier alpha value is -3.39. The van der Waals surface area contributed by atoms with E-state index < -0.39 is 0 Å². The van der Waals surface area contributed by atoms with E-state index in [4.69, 9.17) is 0 Å². The number of hydrogen-bond donors (Lipinski definition) is 0. The van der Waals surface area contributed by atoms with Crippen LogP contribution in [-0.4, -0.2) is 9.55 Å². The molecule has 0 bridgehead atoms. The van der Waals surface area contributed by atoms with Crippen LogP contribution in [0.2, 0.25) is 0 Å². The molecule has 0 aliphatic heterocycles. The van der Waals surface area contributed by atoms with E-state index in [0.29, 0.717) is 0 Å². The summed E-state index contributed by atoms with van der Waals surface area (Å²) in [5.41, 5.74) is 7.07. The average Bonchev–Trinajstić information content (AvgIpc) is 3.03. The Morgan fingerprint density at radius 2 is 1.35 bits per heavy atom. The highest BCUT2D eigenvalue weighted by Crippen LogP contribution is 2.33. The third kappa shape index (κ3) is 2.23. The zero-order chi connectivity index (χ0) is 17.5. The van der Waals surface area contributed by atoms with E-state index in [0.717, 1.165) is 11.3 Å². The van der Waals surface area contributed by atoms with Crippen molar-refractivity contribution >= 4 is 21.8 Å². The molecule has 2 heteroatoms. The fourth-order valence-corrected chi connectivity index (χ4v) is 3.78. The first-order valence-corrected chi connectivity index (χ1v) is 8.83. The lowest BCUT2D eigenvalue weighted by atomic mass is 10.1. The normalized spacial score (nSPS) is 11.3. The minimum absolute atomic E-state index is 1.00. The number of aryl methyl sites for hydroxylation is 1. The maximum atomic E-state index is 4.48. The zero-order valence-electron chi connectivity index (χ0n) is 14.6. The summed E-state index contributed by atoms with van der Waals surface area (Å²) in [5.74, 6) is 0. The monoisotopic (exact) mass is 334 g/mol. The maximum Gasteiger partial charge on any atom is 0.0702 e. The highest BCUT2D eigenvalue weighted by molar-refractivity contribution is 6.09. The van der Waals surface area contributed by atoms with E-state index in [1.165, 1.54) is 33.1 Å². The number of nitrogens with zero attached hydrogens (tertiary/aromatic N) is 2. The minimum atomic E-state index is 1.00. The molecule has 5 rings (SSSR count). The SMILES string of the molecule is Cc1cc(-c2ccccn2)ccc1-n1c2ccccc2c2ccccc21. The van der Waals surface area contributed by atoms with Crippen LogP contribution in [0.4, 0.5) is 0 Å². The van der Waals surface area contributed by atoms with Crippen LogP contribution in [0.5, 0.6) is 0 Å².